The van der Waals surface area contributed by atoms with Gasteiger partial charge in [-0.05, 0) is 49.4 Å². The summed E-state index contributed by atoms with van der Waals surface area (Å²) in [5, 5.41) is 12.3. The van der Waals surface area contributed by atoms with Crippen molar-refractivity contribution in [3.05, 3.63) is 89.1 Å². The topological polar surface area (TPSA) is 107 Å². The van der Waals surface area contributed by atoms with E-state index in [0.717, 1.165) is 48.6 Å². The number of anilines is 2. The van der Waals surface area contributed by atoms with Gasteiger partial charge in [-0.15, -0.1) is 0 Å². The van der Waals surface area contributed by atoms with E-state index in [1.165, 1.54) is 22.0 Å². The normalized spacial score (nSPS) is 20.8. The summed E-state index contributed by atoms with van der Waals surface area (Å²) in [6, 6.07) is 25.1. The second-order valence-electron chi connectivity index (χ2n) is 13.6. The number of likely N-dealkylation sites (tertiary alicyclic amines) is 1. The molecule has 0 spiro atoms. The Morgan fingerprint density at radius 2 is 1.78 bits per heavy atom. The lowest BCUT2D eigenvalue weighted by molar-refractivity contribution is 0.0767. The molecule has 0 radical (unpaired) electrons. The predicted octanol–water partition coefficient (Wildman–Crippen LogP) is 5.34. The molecule has 3 atom stereocenters. The Morgan fingerprint density at radius 3 is 2.56 bits per heavy atom. The van der Waals surface area contributed by atoms with Gasteiger partial charge >= 0.3 is 12.1 Å². The van der Waals surface area contributed by atoms with Crippen LogP contribution in [0.1, 0.15) is 35.2 Å². The summed E-state index contributed by atoms with van der Waals surface area (Å²) in [5.41, 5.74) is 5.40. The van der Waals surface area contributed by atoms with Gasteiger partial charge in [0.1, 0.15) is 19.0 Å². The molecule has 0 bridgehead atoms. The van der Waals surface area contributed by atoms with E-state index in [2.05, 4.69) is 71.1 Å². The molecule has 1 aromatic heterocycles. The van der Waals surface area contributed by atoms with E-state index in [1.807, 2.05) is 30.3 Å². The van der Waals surface area contributed by atoms with Crippen molar-refractivity contribution >= 4 is 28.4 Å². The molecule has 0 N–H and O–H groups in total. The molecule has 11 heteroatoms. The molecule has 4 aromatic rings. The number of carbonyl (C=O) groups is 1. The summed E-state index contributed by atoms with van der Waals surface area (Å²) in [5.74, 6) is 0.827. The Hall–Kier alpha value is -4.92. The summed E-state index contributed by atoms with van der Waals surface area (Å²) < 4.78 is 17.7. The molecule has 0 unspecified atom stereocenters. The van der Waals surface area contributed by atoms with Gasteiger partial charge in [-0.3, -0.25) is 4.90 Å². The Labute approximate surface area is 294 Å². The minimum Gasteiger partial charge on any atom is -0.462 e. The first-order chi connectivity index (χ1) is 24.4. The Balaban J connectivity index is 1.16. The molecule has 50 heavy (non-hydrogen) atoms. The maximum Gasteiger partial charge on any atom is 0.410 e. The standard InChI is InChI=1S/C39H45N7O4/c1-27-9-7-12-29-13-8-14-35(36(27)29)44-18-16-33-34(24-44)41-38(49-26-31-21-32(48-3)23-43(31)2)42-37(33)45-19-20-46(30(22-45)15-17-40)39(47)50-25-28-10-5-4-6-11-28/h4-14,30-32H,15-16,18-26H2,1-3H3/t30-,31+,32+/m0/s1. The number of benzene rings is 3. The molecule has 0 saturated carbocycles. The third-order valence-electron chi connectivity index (χ3n) is 10.4. The van der Waals surface area contributed by atoms with E-state index in [9.17, 15) is 10.1 Å². The predicted molar refractivity (Wildman–Crippen MR) is 192 cm³/mol. The minimum atomic E-state index is -0.404. The van der Waals surface area contributed by atoms with Crippen molar-refractivity contribution < 1.29 is 19.0 Å². The molecular formula is C39H45N7O4. The molecule has 2 fully saturated rings. The van der Waals surface area contributed by atoms with Crippen molar-refractivity contribution in [2.24, 2.45) is 0 Å². The molecule has 11 nitrogen and oxygen atoms in total. The van der Waals surface area contributed by atoms with Gasteiger partial charge in [0.05, 0.1) is 36.9 Å². The molecule has 3 aliphatic rings. The van der Waals surface area contributed by atoms with E-state index in [4.69, 9.17) is 24.2 Å². The number of aryl methyl sites for hydroxylation is 1. The highest BCUT2D eigenvalue weighted by molar-refractivity contribution is 5.97. The van der Waals surface area contributed by atoms with E-state index in [-0.39, 0.29) is 31.2 Å². The van der Waals surface area contributed by atoms with Gasteiger partial charge in [0.2, 0.25) is 0 Å². The van der Waals surface area contributed by atoms with Crippen molar-refractivity contribution in [2.75, 3.05) is 63.3 Å². The monoisotopic (exact) mass is 675 g/mol. The van der Waals surface area contributed by atoms with E-state index >= 15 is 0 Å². The fourth-order valence-electron chi connectivity index (χ4n) is 7.62. The summed E-state index contributed by atoms with van der Waals surface area (Å²) in [6.45, 7) is 6.54. The first-order valence-electron chi connectivity index (χ1n) is 17.5. The van der Waals surface area contributed by atoms with Crippen LogP contribution in [0.15, 0.2) is 66.7 Å². The van der Waals surface area contributed by atoms with Crippen LogP contribution in [0.5, 0.6) is 6.01 Å². The zero-order valence-corrected chi connectivity index (χ0v) is 29.1. The first kappa shape index (κ1) is 33.6. The lowest BCUT2D eigenvalue weighted by atomic mass is 9.99. The molecule has 3 aliphatic heterocycles. The Kier molecular flexibility index (Phi) is 10.0. The van der Waals surface area contributed by atoms with Crippen LogP contribution in [-0.2, 0) is 29.0 Å². The molecule has 260 valence electrons. The van der Waals surface area contributed by atoms with Crippen molar-refractivity contribution in [2.45, 2.75) is 57.5 Å². The maximum absolute atomic E-state index is 13.3. The summed E-state index contributed by atoms with van der Waals surface area (Å²) in [4.78, 5) is 31.9. The molecule has 4 heterocycles. The van der Waals surface area contributed by atoms with Crippen LogP contribution in [0.2, 0.25) is 0 Å². The molecular weight excluding hydrogens is 630 g/mol. The number of nitriles is 1. The van der Waals surface area contributed by atoms with E-state index in [0.29, 0.717) is 38.8 Å². The average molecular weight is 676 g/mol. The largest absolute Gasteiger partial charge is 0.462 e. The molecule has 2 saturated heterocycles. The zero-order valence-electron chi connectivity index (χ0n) is 29.1. The van der Waals surface area contributed by atoms with Crippen molar-refractivity contribution in [1.29, 1.82) is 5.26 Å². The number of amides is 1. The van der Waals surface area contributed by atoms with Crippen LogP contribution in [0.25, 0.3) is 10.8 Å². The molecule has 7 rings (SSSR count). The molecule has 0 aliphatic carbocycles. The Morgan fingerprint density at radius 1 is 0.960 bits per heavy atom. The van der Waals surface area contributed by atoms with Gasteiger partial charge in [0.25, 0.3) is 0 Å². The highest BCUT2D eigenvalue weighted by Crippen LogP contribution is 2.36. The van der Waals surface area contributed by atoms with Crippen molar-refractivity contribution in [3.63, 3.8) is 0 Å². The molecule has 3 aromatic carbocycles. The van der Waals surface area contributed by atoms with Crippen molar-refractivity contribution in [3.8, 4) is 12.1 Å². The van der Waals surface area contributed by atoms with Gasteiger partial charge in [0.15, 0.2) is 0 Å². The number of hydrogen-bond acceptors (Lipinski definition) is 10. The fraction of sp³-hybridized carbons (Fsp3) is 0.436. The average Bonchev–Trinajstić information content (AvgIpc) is 3.52. The number of fused-ring (bicyclic) bond motifs is 2. The third kappa shape index (κ3) is 7.04. The summed E-state index contributed by atoms with van der Waals surface area (Å²) in [6.07, 6.45) is 1.61. The van der Waals surface area contributed by atoms with Crippen LogP contribution in [0, 0.1) is 18.3 Å². The van der Waals surface area contributed by atoms with Gasteiger partial charge in [-0.2, -0.15) is 15.2 Å². The van der Waals surface area contributed by atoms with Gasteiger partial charge < -0.3 is 28.9 Å². The SMILES string of the molecule is CO[C@@H]1C[C@H](COc2nc3c(c(N4CCN(C(=O)OCc5ccccc5)[C@@H](CC#N)C4)n2)CCN(c2cccc4cccc(C)c24)C3)N(C)C1. The van der Waals surface area contributed by atoms with Gasteiger partial charge in [0, 0.05) is 62.5 Å². The van der Waals surface area contributed by atoms with Crippen molar-refractivity contribution in [1.82, 2.24) is 19.8 Å². The van der Waals surface area contributed by atoms with Crippen LogP contribution < -0.4 is 14.5 Å². The van der Waals surface area contributed by atoms with E-state index in [1.54, 1.807) is 12.0 Å². The summed E-state index contributed by atoms with van der Waals surface area (Å²) in [7, 11) is 3.85. The third-order valence-corrected chi connectivity index (χ3v) is 10.4. The number of aromatic nitrogens is 2. The number of hydrogen-bond donors (Lipinski definition) is 0. The lowest BCUT2D eigenvalue weighted by Crippen LogP contribution is -2.55. The second-order valence-corrected chi connectivity index (χ2v) is 13.6. The summed E-state index contributed by atoms with van der Waals surface area (Å²) >= 11 is 0. The first-order valence-corrected chi connectivity index (χ1v) is 17.5. The number of carbonyl (C=O) groups excluding carboxylic acids is 1. The second kappa shape index (κ2) is 14.9. The number of piperazine rings is 1. The number of nitrogens with zero attached hydrogens (tertiary/aromatic N) is 7. The van der Waals surface area contributed by atoms with E-state index < -0.39 is 6.09 Å². The smallest absolute Gasteiger partial charge is 0.410 e. The lowest BCUT2D eigenvalue weighted by Gasteiger charge is -2.42. The minimum absolute atomic E-state index is 0.180. The number of rotatable bonds is 9. The highest BCUT2D eigenvalue weighted by Gasteiger charge is 2.35. The van der Waals surface area contributed by atoms with Crippen LogP contribution in [0.4, 0.5) is 16.3 Å². The zero-order chi connectivity index (χ0) is 34.6. The van der Waals surface area contributed by atoms with Gasteiger partial charge in [-0.25, -0.2) is 4.79 Å². The molecule has 1 amide bonds. The quantitative estimate of drug-likeness (QED) is 0.231. The number of ether oxygens (including phenoxy) is 3. The maximum atomic E-state index is 13.3. The Bertz CT molecular complexity index is 1860. The highest BCUT2D eigenvalue weighted by atomic mass is 16.6. The van der Waals surface area contributed by atoms with Gasteiger partial charge in [-0.1, -0.05) is 60.7 Å². The fourth-order valence-corrected chi connectivity index (χ4v) is 7.62. The van der Waals surface area contributed by atoms with Crippen LogP contribution in [-0.4, -0.2) is 97.5 Å². The van der Waals surface area contributed by atoms with Crippen LogP contribution >= 0.6 is 0 Å². The van der Waals surface area contributed by atoms with Crippen LogP contribution in [0.3, 0.4) is 0 Å². The number of methoxy groups -OCH3 is 1. The number of likely N-dealkylation sites (N-methyl/N-ethyl adjacent to an activating group) is 1.